The molecule has 0 spiro atoms. The Hall–Kier alpha value is -2.98. The number of hydrogen-bond acceptors (Lipinski definition) is 9. The molecule has 1 aromatic heterocycles. The Bertz CT molecular complexity index is 970. The molecule has 10 heteroatoms. The number of anilines is 2. The number of nitrogens with one attached hydrogen (secondary N) is 3. The second-order valence-electron chi connectivity index (χ2n) is 7.87. The van der Waals surface area contributed by atoms with Gasteiger partial charge in [0.05, 0.1) is 13.2 Å². The second-order valence-corrected chi connectivity index (χ2v) is 8.85. The van der Waals surface area contributed by atoms with E-state index < -0.39 is 6.10 Å². The molecule has 1 saturated carbocycles. The minimum Gasteiger partial charge on any atom is -0.497 e. The summed E-state index contributed by atoms with van der Waals surface area (Å²) in [5.41, 5.74) is 3.90. The average molecular weight is 457 g/mol. The van der Waals surface area contributed by atoms with Crippen LogP contribution in [0.5, 0.6) is 5.75 Å². The van der Waals surface area contributed by atoms with Crippen LogP contribution in [0.4, 0.5) is 10.3 Å². The highest BCUT2D eigenvalue weighted by atomic mass is 32.1. The molecule has 170 valence electrons. The van der Waals surface area contributed by atoms with Crippen molar-refractivity contribution in [2.75, 3.05) is 24.9 Å². The molecule has 1 aromatic carbocycles. The van der Waals surface area contributed by atoms with Gasteiger partial charge in [-0.1, -0.05) is 29.5 Å². The van der Waals surface area contributed by atoms with Crippen molar-refractivity contribution in [2.45, 2.75) is 43.9 Å². The van der Waals surface area contributed by atoms with Gasteiger partial charge in [0.15, 0.2) is 6.10 Å². The third-order valence-corrected chi connectivity index (χ3v) is 6.61. The number of hydrogen-bond donors (Lipinski definition) is 3. The Morgan fingerprint density at radius 2 is 2.00 bits per heavy atom. The summed E-state index contributed by atoms with van der Waals surface area (Å²) in [6.45, 7) is 0. The normalized spacial score (nSPS) is 23.2. The number of methoxy groups -OCH3 is 2. The first-order valence-corrected chi connectivity index (χ1v) is 11.5. The van der Waals surface area contributed by atoms with E-state index in [1.807, 2.05) is 24.3 Å². The van der Waals surface area contributed by atoms with Gasteiger partial charge in [0.25, 0.3) is 5.91 Å². The van der Waals surface area contributed by atoms with Crippen molar-refractivity contribution in [2.24, 2.45) is 11.0 Å². The summed E-state index contributed by atoms with van der Waals surface area (Å²) < 4.78 is 10.6. The summed E-state index contributed by atoms with van der Waals surface area (Å²) >= 11 is 1.33. The molecule has 1 amide bonds. The predicted molar refractivity (Wildman–Crippen MR) is 125 cm³/mol. The van der Waals surface area contributed by atoms with Crippen LogP contribution in [0.15, 0.2) is 41.5 Å². The average Bonchev–Trinajstić information content (AvgIpc) is 3.27. The van der Waals surface area contributed by atoms with Crippen molar-refractivity contribution in [3.05, 3.63) is 42.0 Å². The predicted octanol–water partition coefficient (Wildman–Crippen LogP) is 3.36. The fourth-order valence-electron chi connectivity index (χ4n) is 4.15. The fourth-order valence-corrected chi connectivity index (χ4v) is 4.87. The van der Waals surface area contributed by atoms with Crippen molar-refractivity contribution in [3.8, 4) is 5.75 Å². The standard InChI is InChI=1S/C22H28N6O3S/c1-30-17-6-3-5-15(13-17)19(31-2)20(29)25-22-28-27-21(32-22)24-16-10-8-14(9-11-16)18-7-4-12-23-26-18/h3-7,12-14,16,18-19,26H,8-11H2,1-2H3,(H,24,27)(H,25,28,29). The number of carbonyl (C=O) groups is 1. The Morgan fingerprint density at radius 3 is 2.72 bits per heavy atom. The summed E-state index contributed by atoms with van der Waals surface area (Å²) in [7, 11) is 3.08. The third kappa shape index (κ3) is 5.43. The molecule has 4 rings (SSSR count). The van der Waals surface area contributed by atoms with E-state index in [1.54, 1.807) is 19.4 Å². The van der Waals surface area contributed by atoms with Crippen LogP contribution in [0.2, 0.25) is 0 Å². The minimum absolute atomic E-state index is 0.306. The van der Waals surface area contributed by atoms with E-state index in [9.17, 15) is 4.79 Å². The quantitative estimate of drug-likeness (QED) is 0.559. The van der Waals surface area contributed by atoms with Gasteiger partial charge < -0.3 is 20.2 Å². The van der Waals surface area contributed by atoms with Gasteiger partial charge in [-0.3, -0.25) is 10.1 Å². The number of rotatable bonds is 8. The Morgan fingerprint density at radius 1 is 1.19 bits per heavy atom. The fraction of sp³-hybridized carbons (Fsp3) is 0.455. The lowest BCUT2D eigenvalue weighted by Crippen LogP contribution is -2.37. The van der Waals surface area contributed by atoms with E-state index in [0.717, 1.165) is 25.7 Å². The zero-order valence-corrected chi connectivity index (χ0v) is 19.0. The highest BCUT2D eigenvalue weighted by Crippen LogP contribution is 2.31. The van der Waals surface area contributed by atoms with Gasteiger partial charge in [-0.05, 0) is 55.4 Å². The SMILES string of the molecule is COc1cccc(C(OC)C(=O)Nc2nnc(NC3CCC(C4C=CC=NN4)CC3)s2)c1. The first-order valence-electron chi connectivity index (χ1n) is 10.7. The number of nitrogens with zero attached hydrogens (tertiary/aromatic N) is 3. The molecule has 3 N–H and O–H groups in total. The largest absolute Gasteiger partial charge is 0.497 e. The van der Waals surface area contributed by atoms with Gasteiger partial charge in [-0.2, -0.15) is 5.10 Å². The minimum atomic E-state index is -0.771. The van der Waals surface area contributed by atoms with Gasteiger partial charge in [0, 0.05) is 19.4 Å². The molecule has 1 aliphatic carbocycles. The molecule has 1 fully saturated rings. The summed E-state index contributed by atoms with van der Waals surface area (Å²) in [4.78, 5) is 12.7. The summed E-state index contributed by atoms with van der Waals surface area (Å²) in [5, 5.41) is 19.9. The second kappa shape index (κ2) is 10.6. The van der Waals surface area contributed by atoms with Gasteiger partial charge in [0.1, 0.15) is 5.75 Å². The van der Waals surface area contributed by atoms with Crippen molar-refractivity contribution in [1.82, 2.24) is 15.6 Å². The van der Waals surface area contributed by atoms with Crippen LogP contribution in [0.1, 0.15) is 37.4 Å². The van der Waals surface area contributed by atoms with Crippen molar-refractivity contribution in [1.29, 1.82) is 0 Å². The molecule has 0 bridgehead atoms. The molecular weight excluding hydrogens is 428 g/mol. The van der Waals surface area contributed by atoms with Gasteiger partial charge in [0.2, 0.25) is 10.3 Å². The van der Waals surface area contributed by atoms with Crippen LogP contribution in [0, 0.1) is 5.92 Å². The smallest absolute Gasteiger partial charge is 0.259 e. The van der Waals surface area contributed by atoms with E-state index in [2.05, 4.69) is 37.4 Å². The topological polar surface area (TPSA) is 110 Å². The van der Waals surface area contributed by atoms with Crippen LogP contribution >= 0.6 is 11.3 Å². The summed E-state index contributed by atoms with van der Waals surface area (Å²) in [6.07, 6.45) is 9.55. The first kappa shape index (κ1) is 22.2. The molecule has 2 aromatic rings. The van der Waals surface area contributed by atoms with Crippen molar-refractivity contribution in [3.63, 3.8) is 0 Å². The van der Waals surface area contributed by atoms with Crippen LogP contribution in [0.3, 0.4) is 0 Å². The monoisotopic (exact) mass is 456 g/mol. The van der Waals surface area contributed by atoms with Crippen molar-refractivity contribution >= 4 is 33.7 Å². The van der Waals surface area contributed by atoms with Gasteiger partial charge >= 0.3 is 0 Å². The first-order chi connectivity index (χ1) is 15.7. The summed E-state index contributed by atoms with van der Waals surface area (Å²) in [5.74, 6) is 0.950. The van der Waals surface area contributed by atoms with E-state index in [0.29, 0.717) is 39.6 Å². The molecular formula is C22H28N6O3S. The Balaban J connectivity index is 1.29. The lowest BCUT2D eigenvalue weighted by Gasteiger charge is -2.33. The number of hydrazone groups is 1. The van der Waals surface area contributed by atoms with Crippen LogP contribution < -0.4 is 20.8 Å². The van der Waals surface area contributed by atoms with E-state index >= 15 is 0 Å². The lowest BCUT2D eigenvalue weighted by atomic mass is 9.81. The maximum Gasteiger partial charge on any atom is 0.259 e. The highest BCUT2D eigenvalue weighted by molar-refractivity contribution is 7.19. The number of ether oxygens (including phenoxy) is 2. The maximum absolute atomic E-state index is 12.7. The lowest BCUT2D eigenvalue weighted by molar-refractivity contribution is -0.126. The molecule has 2 aliphatic rings. The maximum atomic E-state index is 12.7. The van der Waals surface area contributed by atoms with Crippen LogP contribution in [-0.4, -0.2) is 48.6 Å². The van der Waals surface area contributed by atoms with E-state index in [1.165, 1.54) is 18.4 Å². The number of carbonyl (C=O) groups excluding carboxylic acids is 1. The third-order valence-electron chi connectivity index (χ3n) is 5.84. The van der Waals surface area contributed by atoms with Crippen LogP contribution in [-0.2, 0) is 9.53 Å². The molecule has 2 atom stereocenters. The Kier molecular flexibility index (Phi) is 7.33. The zero-order chi connectivity index (χ0) is 22.3. The zero-order valence-electron chi connectivity index (χ0n) is 18.2. The molecule has 9 nitrogen and oxygen atoms in total. The van der Waals surface area contributed by atoms with E-state index in [-0.39, 0.29) is 5.91 Å². The number of benzene rings is 1. The number of allylic oxidation sites excluding steroid dienone is 1. The van der Waals surface area contributed by atoms with E-state index in [4.69, 9.17) is 9.47 Å². The van der Waals surface area contributed by atoms with Crippen LogP contribution in [0.25, 0.3) is 0 Å². The van der Waals surface area contributed by atoms with Gasteiger partial charge in [-0.25, -0.2) is 0 Å². The molecule has 0 radical (unpaired) electrons. The van der Waals surface area contributed by atoms with Crippen molar-refractivity contribution < 1.29 is 14.3 Å². The molecule has 0 saturated heterocycles. The molecule has 32 heavy (non-hydrogen) atoms. The molecule has 1 aliphatic heterocycles. The highest BCUT2D eigenvalue weighted by Gasteiger charge is 2.27. The number of amides is 1. The molecule has 2 heterocycles. The molecule has 2 unspecified atom stereocenters. The number of aromatic nitrogens is 2. The van der Waals surface area contributed by atoms with Gasteiger partial charge in [-0.15, -0.1) is 10.2 Å². The summed E-state index contributed by atoms with van der Waals surface area (Å²) in [6, 6.07) is 7.92. The Labute approximate surface area is 191 Å².